The average molecular weight is 387 g/mol. The molecule has 2 aromatic rings. The first-order chi connectivity index (χ1) is 11.9. The Morgan fingerprint density at radius 3 is 2.42 bits per heavy atom. The van der Waals surface area contributed by atoms with Gasteiger partial charge in [-0.25, -0.2) is 4.68 Å². The average Bonchev–Trinajstić information content (AvgIpc) is 2.87. The van der Waals surface area contributed by atoms with Crippen LogP contribution in [0.25, 0.3) is 0 Å². The van der Waals surface area contributed by atoms with Gasteiger partial charge in [0.05, 0.1) is 12.1 Å². The molecule has 26 heavy (non-hydrogen) atoms. The second-order valence-electron chi connectivity index (χ2n) is 5.95. The highest BCUT2D eigenvalue weighted by Gasteiger charge is 2.21. The lowest BCUT2D eigenvalue weighted by molar-refractivity contribution is -0.130. The van der Waals surface area contributed by atoms with Crippen molar-refractivity contribution in [1.82, 2.24) is 14.7 Å². The van der Waals surface area contributed by atoms with Crippen LogP contribution in [0, 0.1) is 13.8 Å². The molecule has 0 atom stereocenters. The highest BCUT2D eigenvalue weighted by Crippen LogP contribution is 2.20. The van der Waals surface area contributed by atoms with Crippen LogP contribution < -0.4 is 5.73 Å². The maximum absolute atomic E-state index is 12.9. The quantitative estimate of drug-likeness (QED) is 0.758. The van der Waals surface area contributed by atoms with Crippen LogP contribution in [0.2, 0.25) is 0 Å². The third-order valence-electron chi connectivity index (χ3n) is 4.25. The highest BCUT2D eigenvalue weighted by atomic mass is 35.5. The van der Waals surface area contributed by atoms with Gasteiger partial charge in [-0.05, 0) is 25.8 Å². The third kappa shape index (κ3) is 5.51. The Morgan fingerprint density at radius 2 is 1.88 bits per heavy atom. The van der Waals surface area contributed by atoms with Crippen LogP contribution in [0.1, 0.15) is 29.1 Å². The zero-order chi connectivity index (χ0) is 18.4. The number of nitrogens with zero attached hydrogens (tertiary/aromatic N) is 3. The minimum atomic E-state index is -2.71. The molecule has 0 saturated carbocycles. The number of carbonyl (C=O) groups is 1. The Balaban J connectivity index is 0.00000338. The number of hydrogen-bond acceptors (Lipinski definition) is 3. The molecular weight excluding hydrogens is 362 g/mol. The van der Waals surface area contributed by atoms with Crippen molar-refractivity contribution in [2.75, 3.05) is 19.6 Å². The van der Waals surface area contributed by atoms with Gasteiger partial charge in [0, 0.05) is 30.9 Å². The SMILES string of the molecule is Cc1nn(C(F)F)c(C)c1CC(=O)N(CCN)CCc1ccccc1.Cl. The molecule has 5 nitrogen and oxygen atoms in total. The Morgan fingerprint density at radius 1 is 1.23 bits per heavy atom. The molecule has 2 N–H and O–H groups in total. The van der Waals surface area contributed by atoms with E-state index >= 15 is 0 Å². The minimum absolute atomic E-state index is 0. The number of aromatic nitrogens is 2. The maximum atomic E-state index is 12.9. The fourth-order valence-corrected chi connectivity index (χ4v) is 2.83. The van der Waals surface area contributed by atoms with E-state index in [-0.39, 0.29) is 24.7 Å². The molecule has 0 fully saturated rings. The number of benzene rings is 1. The minimum Gasteiger partial charge on any atom is -0.341 e. The maximum Gasteiger partial charge on any atom is 0.333 e. The molecule has 1 aromatic carbocycles. The molecule has 8 heteroatoms. The zero-order valence-electron chi connectivity index (χ0n) is 15.0. The van der Waals surface area contributed by atoms with Crippen molar-refractivity contribution in [2.24, 2.45) is 5.73 Å². The summed E-state index contributed by atoms with van der Waals surface area (Å²) in [7, 11) is 0. The van der Waals surface area contributed by atoms with E-state index in [0.717, 1.165) is 12.0 Å². The van der Waals surface area contributed by atoms with E-state index < -0.39 is 6.55 Å². The smallest absolute Gasteiger partial charge is 0.333 e. The van der Waals surface area contributed by atoms with Crippen molar-refractivity contribution in [3.05, 3.63) is 52.8 Å². The van der Waals surface area contributed by atoms with E-state index in [1.54, 1.807) is 18.7 Å². The van der Waals surface area contributed by atoms with E-state index in [4.69, 9.17) is 5.73 Å². The first-order valence-corrected chi connectivity index (χ1v) is 8.28. The lowest BCUT2D eigenvalue weighted by Crippen LogP contribution is -2.38. The number of aryl methyl sites for hydroxylation is 1. The topological polar surface area (TPSA) is 64.2 Å². The third-order valence-corrected chi connectivity index (χ3v) is 4.25. The fraction of sp³-hybridized carbons (Fsp3) is 0.444. The van der Waals surface area contributed by atoms with Crippen molar-refractivity contribution < 1.29 is 13.6 Å². The van der Waals surface area contributed by atoms with Crippen LogP contribution >= 0.6 is 12.4 Å². The Labute approximate surface area is 158 Å². The van der Waals surface area contributed by atoms with Gasteiger partial charge < -0.3 is 10.6 Å². The number of halogens is 3. The molecule has 0 radical (unpaired) electrons. The molecule has 0 aliphatic rings. The monoisotopic (exact) mass is 386 g/mol. The summed E-state index contributed by atoms with van der Waals surface area (Å²) in [5.74, 6) is -0.124. The normalized spacial score (nSPS) is 10.7. The molecule has 0 aliphatic heterocycles. The zero-order valence-corrected chi connectivity index (χ0v) is 15.8. The van der Waals surface area contributed by atoms with Gasteiger partial charge in [-0.2, -0.15) is 13.9 Å². The summed E-state index contributed by atoms with van der Waals surface area (Å²) < 4.78 is 26.5. The van der Waals surface area contributed by atoms with E-state index in [1.165, 1.54) is 0 Å². The first-order valence-electron chi connectivity index (χ1n) is 8.28. The highest BCUT2D eigenvalue weighted by molar-refractivity contribution is 5.85. The van der Waals surface area contributed by atoms with E-state index in [2.05, 4.69) is 5.10 Å². The predicted molar refractivity (Wildman–Crippen MR) is 99.7 cm³/mol. The molecule has 1 amide bonds. The van der Waals surface area contributed by atoms with Gasteiger partial charge in [0.15, 0.2) is 0 Å². The number of amides is 1. The second kappa shape index (κ2) is 10.2. The van der Waals surface area contributed by atoms with Crippen LogP contribution in [-0.2, 0) is 17.6 Å². The van der Waals surface area contributed by atoms with Crippen molar-refractivity contribution in [3.8, 4) is 0 Å². The van der Waals surface area contributed by atoms with Crippen LogP contribution in [-0.4, -0.2) is 40.2 Å². The summed E-state index contributed by atoms with van der Waals surface area (Å²) in [6.07, 6.45) is 0.778. The van der Waals surface area contributed by atoms with Gasteiger partial charge >= 0.3 is 6.55 Å². The van der Waals surface area contributed by atoms with Gasteiger partial charge in [-0.3, -0.25) is 4.79 Å². The lowest BCUT2D eigenvalue weighted by Gasteiger charge is -2.22. The van der Waals surface area contributed by atoms with Crippen LogP contribution in [0.3, 0.4) is 0 Å². The number of alkyl halides is 2. The molecule has 0 spiro atoms. The van der Waals surface area contributed by atoms with Gasteiger partial charge in [0.2, 0.25) is 5.91 Å². The Hall–Kier alpha value is -1.99. The van der Waals surface area contributed by atoms with Crippen molar-refractivity contribution in [3.63, 3.8) is 0 Å². The predicted octanol–water partition coefficient (Wildman–Crippen LogP) is 2.89. The van der Waals surface area contributed by atoms with Crippen molar-refractivity contribution in [1.29, 1.82) is 0 Å². The molecule has 1 aromatic heterocycles. The summed E-state index contributed by atoms with van der Waals surface area (Å²) in [5.41, 5.74) is 8.11. The van der Waals surface area contributed by atoms with E-state index in [9.17, 15) is 13.6 Å². The molecular formula is C18H25ClF2N4O. The fourth-order valence-electron chi connectivity index (χ4n) is 2.83. The summed E-state index contributed by atoms with van der Waals surface area (Å²) >= 11 is 0. The van der Waals surface area contributed by atoms with E-state index in [0.29, 0.717) is 41.3 Å². The molecule has 1 heterocycles. The summed E-state index contributed by atoms with van der Waals surface area (Å²) in [6.45, 7) is 1.83. The second-order valence-corrected chi connectivity index (χ2v) is 5.95. The number of rotatable bonds is 8. The van der Waals surface area contributed by atoms with Crippen molar-refractivity contribution in [2.45, 2.75) is 33.2 Å². The van der Waals surface area contributed by atoms with Crippen LogP contribution in [0.4, 0.5) is 8.78 Å². The molecule has 0 aliphatic carbocycles. The van der Waals surface area contributed by atoms with Crippen molar-refractivity contribution >= 4 is 18.3 Å². The van der Waals surface area contributed by atoms with Gasteiger partial charge in [0.25, 0.3) is 0 Å². The number of hydrogen-bond donors (Lipinski definition) is 1. The number of carbonyl (C=O) groups excluding carboxylic acids is 1. The van der Waals surface area contributed by atoms with E-state index in [1.807, 2.05) is 30.3 Å². The van der Waals surface area contributed by atoms with Gasteiger partial charge in [-0.15, -0.1) is 12.4 Å². The summed E-state index contributed by atoms with van der Waals surface area (Å²) in [5, 5.41) is 3.83. The molecule has 144 valence electrons. The van der Waals surface area contributed by atoms with Crippen LogP contribution in [0.15, 0.2) is 30.3 Å². The van der Waals surface area contributed by atoms with Gasteiger partial charge in [-0.1, -0.05) is 30.3 Å². The molecule has 0 saturated heterocycles. The molecule has 0 bridgehead atoms. The largest absolute Gasteiger partial charge is 0.341 e. The van der Waals surface area contributed by atoms with Crippen LogP contribution in [0.5, 0.6) is 0 Å². The summed E-state index contributed by atoms with van der Waals surface area (Å²) in [6, 6.07) is 9.86. The lowest BCUT2D eigenvalue weighted by atomic mass is 10.1. The Bertz CT molecular complexity index is 707. The van der Waals surface area contributed by atoms with Gasteiger partial charge in [0.1, 0.15) is 0 Å². The number of nitrogens with two attached hydrogens (primary N) is 1. The first kappa shape index (κ1) is 22.1. The summed E-state index contributed by atoms with van der Waals surface area (Å²) in [4.78, 5) is 14.3. The molecule has 2 rings (SSSR count). The Kier molecular flexibility index (Phi) is 8.68. The standard InChI is InChI=1S/C18H24F2N4O.ClH/c1-13-16(14(2)24(22-13)18(19)20)12-17(25)23(11-9-21)10-8-15-6-4-3-5-7-15;/h3-7,18H,8-12,21H2,1-2H3;1H. The molecule has 0 unspecified atom stereocenters.